The number of carbonyl (C=O) groups is 2. The second-order valence-electron chi connectivity index (χ2n) is 14.9. The number of carboxylic acids is 2. The zero-order valence-corrected chi connectivity index (χ0v) is 37.9. The summed E-state index contributed by atoms with van der Waals surface area (Å²) in [6, 6.07) is 15.3. The molecule has 0 amide bonds. The normalized spacial score (nSPS) is 18.5. The summed E-state index contributed by atoms with van der Waals surface area (Å²) < 4.78 is 26.4. The van der Waals surface area contributed by atoms with Crippen LogP contribution in [0.25, 0.3) is 11.1 Å². The molecule has 12 nitrogen and oxygen atoms in total. The Balaban J connectivity index is 1.29. The van der Waals surface area contributed by atoms with E-state index in [0.717, 1.165) is 22.3 Å². The minimum Gasteiger partial charge on any atom is -0.481 e. The van der Waals surface area contributed by atoms with E-state index in [2.05, 4.69) is 31.9 Å². The van der Waals surface area contributed by atoms with Crippen molar-refractivity contribution < 1.29 is 38.7 Å². The van der Waals surface area contributed by atoms with Crippen molar-refractivity contribution in [3.63, 3.8) is 0 Å². The fraction of sp³-hybridized carbons (Fsp3) is 0.292. The smallest absolute Gasteiger partial charge is 0.306 e. The van der Waals surface area contributed by atoms with Gasteiger partial charge in [0.2, 0.25) is 0 Å². The summed E-state index contributed by atoms with van der Waals surface area (Å²) in [4.78, 5) is 43.3. The number of aliphatic carboxylic acids is 2. The number of carboxylic acid groups (broad SMARTS) is 2. The molecule has 2 aromatic carbocycles. The van der Waals surface area contributed by atoms with Crippen molar-refractivity contribution in [3.05, 3.63) is 140 Å². The maximum Gasteiger partial charge on any atom is 0.306 e. The molecule has 0 fully saturated rings. The van der Waals surface area contributed by atoms with Crippen LogP contribution in [0.5, 0.6) is 11.5 Å². The lowest BCUT2D eigenvalue weighted by molar-refractivity contribution is -0.143. The van der Waals surface area contributed by atoms with Gasteiger partial charge in [-0.05, 0) is 105 Å². The molecule has 5 aliphatic heterocycles. The van der Waals surface area contributed by atoms with Crippen LogP contribution in [0, 0.1) is 11.8 Å². The lowest BCUT2D eigenvalue weighted by Gasteiger charge is -2.22. The number of nitrogens with zero attached hydrogens (tertiary/aromatic N) is 4. The van der Waals surface area contributed by atoms with Crippen LogP contribution in [0.2, 0.25) is 0 Å². The summed E-state index contributed by atoms with van der Waals surface area (Å²) in [6.45, 7) is 7.70. The molecule has 5 aliphatic rings. The molecular weight excluding hydrogens is 920 g/mol. The number of allylic oxidation sites excluding steroid dienone is 12. The molecular formula is C48H46Br2N4O8. The first-order valence-electron chi connectivity index (χ1n) is 20.5. The van der Waals surface area contributed by atoms with Crippen molar-refractivity contribution in [3.8, 4) is 11.5 Å². The highest BCUT2D eigenvalue weighted by molar-refractivity contribution is 9.12. The number of fused-ring (bicyclic) bond motifs is 4. The minimum absolute atomic E-state index is 0.236. The van der Waals surface area contributed by atoms with E-state index < -0.39 is 36.4 Å². The zero-order chi connectivity index (χ0) is 43.9. The first kappa shape index (κ1) is 44.5. The van der Waals surface area contributed by atoms with Crippen LogP contribution in [0.3, 0.4) is 0 Å². The maximum absolute atomic E-state index is 11.4. The average Bonchev–Trinajstić information content (AvgIpc) is 4.12. The molecule has 2 N–H and O–H groups in total. The van der Waals surface area contributed by atoms with Gasteiger partial charge in [-0.25, -0.2) is 20.0 Å². The third-order valence-corrected chi connectivity index (χ3v) is 12.2. The second kappa shape index (κ2) is 20.1. The van der Waals surface area contributed by atoms with Crippen molar-refractivity contribution in [2.45, 2.75) is 66.0 Å². The minimum atomic E-state index is -0.866. The number of hydrogen-bond acceptors (Lipinski definition) is 10. The van der Waals surface area contributed by atoms with Crippen molar-refractivity contribution in [1.82, 2.24) is 0 Å². The number of hydrogen-bond donors (Lipinski definition) is 2. The highest BCUT2D eigenvalue weighted by atomic mass is 79.9. The van der Waals surface area contributed by atoms with E-state index in [0.29, 0.717) is 91.8 Å². The quantitative estimate of drug-likeness (QED) is 0.140. The maximum atomic E-state index is 11.4. The molecule has 0 aliphatic carbocycles. The Labute approximate surface area is 377 Å². The van der Waals surface area contributed by atoms with Gasteiger partial charge in [0.05, 0.1) is 79.6 Å². The standard InChI is InChI=1S/C48H46Br2N4O8/c1-5-41(59-25-23-27(3)47(55)56)61-39-13-9-7-11-29(39)43-31-15-19-35(51-31)45(49)37-21-17-33(53-37)44(34-18-22-38(54-34)46(50)36-20-16-32(43)52-36)30-12-8-10-14-40(30)62-42(6-2)60-26-24-28(4)48(57)58/h7-22,27-28,41-42H,5-6,23-26H2,1-4H3,(H,55,56)(H,57,58). The van der Waals surface area contributed by atoms with E-state index in [-0.39, 0.29) is 13.2 Å². The van der Waals surface area contributed by atoms with E-state index in [4.69, 9.17) is 38.9 Å². The Hall–Kier alpha value is -5.54. The van der Waals surface area contributed by atoms with E-state index in [1.165, 1.54) is 0 Å². The molecule has 320 valence electrons. The zero-order valence-electron chi connectivity index (χ0n) is 34.7. The van der Waals surface area contributed by atoms with Crippen LogP contribution in [-0.2, 0) is 19.1 Å². The Morgan fingerprint density at radius 2 is 0.903 bits per heavy atom. The van der Waals surface area contributed by atoms with Gasteiger partial charge in [0.25, 0.3) is 0 Å². The molecule has 2 aromatic rings. The van der Waals surface area contributed by atoms with E-state index in [1.807, 2.05) is 111 Å². The van der Waals surface area contributed by atoms with Gasteiger partial charge >= 0.3 is 11.9 Å². The number of para-hydroxylation sites is 2. The first-order chi connectivity index (χ1) is 29.9. The molecule has 0 saturated carbocycles. The van der Waals surface area contributed by atoms with Gasteiger partial charge in [0.15, 0.2) is 12.6 Å². The predicted octanol–water partition coefficient (Wildman–Crippen LogP) is 10.6. The van der Waals surface area contributed by atoms with E-state index in [9.17, 15) is 19.8 Å². The van der Waals surface area contributed by atoms with Gasteiger partial charge in [0, 0.05) is 35.1 Å². The van der Waals surface area contributed by atoms with Gasteiger partial charge < -0.3 is 29.2 Å². The Morgan fingerprint density at radius 3 is 1.29 bits per heavy atom. The number of rotatable bonds is 18. The molecule has 5 heterocycles. The summed E-state index contributed by atoms with van der Waals surface area (Å²) in [5.74, 6) is -1.67. The molecule has 4 unspecified atom stereocenters. The largest absolute Gasteiger partial charge is 0.481 e. The van der Waals surface area contributed by atoms with Crippen LogP contribution in [0.1, 0.15) is 64.5 Å². The summed E-state index contributed by atoms with van der Waals surface area (Å²) in [5.41, 5.74) is 8.28. The Bertz CT molecular complexity index is 2360. The molecule has 0 spiro atoms. The third kappa shape index (κ3) is 10.0. The fourth-order valence-corrected chi connectivity index (χ4v) is 7.76. The third-order valence-electron chi connectivity index (χ3n) is 10.5. The lowest BCUT2D eigenvalue weighted by Crippen LogP contribution is -2.23. The highest BCUT2D eigenvalue weighted by Gasteiger charge is 2.28. The van der Waals surface area contributed by atoms with Gasteiger partial charge in [-0.1, -0.05) is 64.1 Å². The summed E-state index contributed by atoms with van der Waals surface area (Å²) in [5, 5.41) is 18.7. The van der Waals surface area contributed by atoms with Crippen molar-refractivity contribution in [1.29, 1.82) is 0 Å². The monoisotopic (exact) mass is 964 g/mol. The molecule has 0 aromatic heterocycles. The van der Waals surface area contributed by atoms with Gasteiger partial charge in [-0.2, -0.15) is 0 Å². The van der Waals surface area contributed by atoms with Crippen LogP contribution >= 0.6 is 31.9 Å². The van der Waals surface area contributed by atoms with E-state index in [1.54, 1.807) is 13.8 Å². The SMILES string of the molecule is CCC(OCCC(C)C(=O)O)Oc1ccccc1C1=C2C=CC(=N2)C(Br)=C2C=CC(=N2)C(c2ccccc2OC(CC)OCCC(C)C(=O)O)=C2C=CC(=N2)C(Br)=C2C=CC1=N2. The fourth-order valence-electron chi connectivity index (χ4n) is 6.88. The topological polar surface area (TPSA) is 161 Å². The number of ether oxygens (including phenoxy) is 4. The van der Waals surface area contributed by atoms with Crippen molar-refractivity contribution in [2.75, 3.05) is 13.2 Å². The number of halogens is 2. The lowest BCUT2D eigenvalue weighted by atomic mass is 9.97. The van der Waals surface area contributed by atoms with Crippen LogP contribution in [0.4, 0.5) is 0 Å². The number of aliphatic imine (C=N–C) groups is 4. The number of benzene rings is 2. The Morgan fingerprint density at radius 1 is 0.548 bits per heavy atom. The molecule has 7 rings (SSSR count). The van der Waals surface area contributed by atoms with Gasteiger partial charge in [-0.3, -0.25) is 9.59 Å². The van der Waals surface area contributed by atoms with Gasteiger partial charge in [-0.15, -0.1) is 0 Å². The Kier molecular flexibility index (Phi) is 14.4. The van der Waals surface area contributed by atoms with Gasteiger partial charge in [0.1, 0.15) is 11.5 Å². The van der Waals surface area contributed by atoms with Crippen LogP contribution < -0.4 is 9.47 Å². The molecule has 62 heavy (non-hydrogen) atoms. The van der Waals surface area contributed by atoms with E-state index >= 15 is 0 Å². The van der Waals surface area contributed by atoms with Crippen molar-refractivity contribution in [2.24, 2.45) is 31.8 Å². The summed E-state index contributed by atoms with van der Waals surface area (Å²) in [6.07, 6.45) is 16.1. The highest BCUT2D eigenvalue weighted by Crippen LogP contribution is 2.40. The first-order valence-corrected chi connectivity index (χ1v) is 22.1. The molecule has 8 bridgehead atoms. The summed E-state index contributed by atoms with van der Waals surface area (Å²) in [7, 11) is 0. The van der Waals surface area contributed by atoms with Crippen molar-refractivity contribution >= 4 is 77.8 Å². The molecule has 0 radical (unpaired) electrons. The molecule has 14 heteroatoms. The second-order valence-corrected chi connectivity index (χ2v) is 16.5. The van der Waals surface area contributed by atoms with Crippen LogP contribution in [0.15, 0.2) is 149 Å². The average molecular weight is 967 g/mol. The molecule has 0 saturated heterocycles. The molecule has 4 atom stereocenters. The predicted molar refractivity (Wildman–Crippen MR) is 249 cm³/mol. The summed E-state index contributed by atoms with van der Waals surface area (Å²) >= 11 is 7.67. The van der Waals surface area contributed by atoms with Crippen LogP contribution in [-0.4, -0.2) is 70.8 Å².